The quantitative estimate of drug-likeness (QED) is 0.618. The summed E-state index contributed by atoms with van der Waals surface area (Å²) in [6, 6.07) is 14.4. The summed E-state index contributed by atoms with van der Waals surface area (Å²) >= 11 is 5.54. The second-order valence-corrected chi connectivity index (χ2v) is 6.10. The number of pyridine rings is 1. The van der Waals surface area contributed by atoms with Crippen molar-refractivity contribution in [3.8, 4) is 0 Å². The minimum absolute atomic E-state index is 0.650. The highest BCUT2D eigenvalue weighted by Gasteiger charge is 2.11. The number of aromatic nitrogens is 1. The lowest BCUT2D eigenvalue weighted by Gasteiger charge is -2.26. The van der Waals surface area contributed by atoms with Crippen LogP contribution in [0, 0.1) is 0 Å². The molecule has 1 aromatic carbocycles. The van der Waals surface area contributed by atoms with Crippen LogP contribution < -0.4 is 10.2 Å². The van der Waals surface area contributed by atoms with Crippen LogP contribution in [0.3, 0.4) is 0 Å². The van der Waals surface area contributed by atoms with Crippen LogP contribution in [0.25, 0.3) is 0 Å². The van der Waals surface area contributed by atoms with Crippen LogP contribution in [-0.2, 0) is 13.1 Å². The monoisotopic (exact) mass is 340 g/mol. The second-order valence-electron chi connectivity index (χ2n) is 5.71. The van der Waals surface area contributed by atoms with E-state index in [0.717, 1.165) is 12.2 Å². The Labute approximate surface area is 149 Å². The van der Waals surface area contributed by atoms with Crippen LogP contribution in [0.15, 0.2) is 61.3 Å². The molecule has 4 nitrogen and oxygen atoms in total. The maximum atomic E-state index is 5.54. The molecular formula is C19H24N4S. The molecule has 0 spiro atoms. The van der Waals surface area contributed by atoms with E-state index in [-0.39, 0.29) is 0 Å². The first-order valence-electron chi connectivity index (χ1n) is 7.90. The Morgan fingerprint density at radius 1 is 1.17 bits per heavy atom. The standard InChI is InChI=1S/C19H24N4S/c1-4-12-21-19(24)23(15-17-7-5-6-13-20-17)14-16-8-10-18(11-9-16)22(2)3/h4-11,13H,1,12,14-15H2,2-3H3,(H,21,24). The van der Waals surface area contributed by atoms with E-state index in [4.69, 9.17) is 12.2 Å². The van der Waals surface area contributed by atoms with Crippen molar-refractivity contribution in [2.45, 2.75) is 13.1 Å². The summed E-state index contributed by atoms with van der Waals surface area (Å²) in [4.78, 5) is 8.61. The largest absolute Gasteiger partial charge is 0.378 e. The summed E-state index contributed by atoms with van der Waals surface area (Å²) in [5.74, 6) is 0. The smallest absolute Gasteiger partial charge is 0.169 e. The predicted octanol–water partition coefficient (Wildman–Crippen LogP) is 3.21. The Balaban J connectivity index is 2.12. The summed E-state index contributed by atoms with van der Waals surface area (Å²) < 4.78 is 0. The number of benzene rings is 1. The van der Waals surface area contributed by atoms with E-state index in [1.165, 1.54) is 11.3 Å². The zero-order chi connectivity index (χ0) is 17.4. The lowest BCUT2D eigenvalue weighted by molar-refractivity contribution is 0.396. The predicted molar refractivity (Wildman–Crippen MR) is 105 cm³/mol. The average Bonchev–Trinajstić information content (AvgIpc) is 2.60. The summed E-state index contributed by atoms with van der Waals surface area (Å²) in [7, 11) is 4.08. The molecule has 0 unspecified atom stereocenters. The first kappa shape index (κ1) is 17.9. The van der Waals surface area contributed by atoms with Crippen LogP contribution in [0.2, 0.25) is 0 Å². The first-order chi connectivity index (χ1) is 11.6. The third-order valence-electron chi connectivity index (χ3n) is 3.59. The summed E-state index contributed by atoms with van der Waals surface area (Å²) in [6.45, 7) is 5.77. The van der Waals surface area contributed by atoms with Gasteiger partial charge in [0, 0.05) is 39.1 Å². The van der Waals surface area contributed by atoms with Crippen LogP contribution in [0.4, 0.5) is 5.69 Å². The van der Waals surface area contributed by atoms with E-state index in [1.54, 1.807) is 12.3 Å². The summed E-state index contributed by atoms with van der Waals surface area (Å²) in [5, 5.41) is 3.91. The SMILES string of the molecule is C=CCNC(=S)N(Cc1ccc(N(C)C)cc1)Cc1ccccn1. The third kappa shape index (κ3) is 5.35. The molecule has 0 aliphatic carbocycles. The van der Waals surface area contributed by atoms with E-state index in [2.05, 4.69) is 50.9 Å². The van der Waals surface area contributed by atoms with Gasteiger partial charge in [0.05, 0.1) is 12.2 Å². The van der Waals surface area contributed by atoms with E-state index in [1.807, 2.05) is 32.3 Å². The minimum atomic E-state index is 0.650. The third-order valence-corrected chi connectivity index (χ3v) is 3.99. The zero-order valence-corrected chi connectivity index (χ0v) is 15.1. The number of hydrogen-bond donors (Lipinski definition) is 1. The van der Waals surface area contributed by atoms with E-state index >= 15 is 0 Å². The number of rotatable bonds is 7. The average molecular weight is 340 g/mol. The molecule has 2 rings (SSSR count). The molecule has 0 bridgehead atoms. The van der Waals surface area contributed by atoms with Gasteiger partial charge in [-0.1, -0.05) is 24.3 Å². The van der Waals surface area contributed by atoms with Gasteiger partial charge in [-0.05, 0) is 42.0 Å². The molecule has 0 atom stereocenters. The zero-order valence-electron chi connectivity index (χ0n) is 14.3. The van der Waals surface area contributed by atoms with Crippen LogP contribution in [0.1, 0.15) is 11.3 Å². The van der Waals surface area contributed by atoms with Gasteiger partial charge < -0.3 is 15.1 Å². The highest BCUT2D eigenvalue weighted by Crippen LogP contribution is 2.15. The van der Waals surface area contributed by atoms with Crippen LogP contribution >= 0.6 is 12.2 Å². The van der Waals surface area contributed by atoms with Crippen molar-refractivity contribution < 1.29 is 0 Å². The van der Waals surface area contributed by atoms with Crippen molar-refractivity contribution in [1.82, 2.24) is 15.2 Å². The highest BCUT2D eigenvalue weighted by atomic mass is 32.1. The molecule has 2 aromatic rings. The molecule has 1 aromatic heterocycles. The Morgan fingerprint density at radius 2 is 1.92 bits per heavy atom. The van der Waals surface area contributed by atoms with E-state index in [0.29, 0.717) is 18.2 Å². The van der Waals surface area contributed by atoms with Crippen molar-refractivity contribution in [3.05, 3.63) is 72.6 Å². The number of nitrogens with zero attached hydrogens (tertiary/aromatic N) is 3. The maximum Gasteiger partial charge on any atom is 0.169 e. The number of nitrogens with one attached hydrogen (secondary N) is 1. The summed E-state index contributed by atoms with van der Waals surface area (Å²) in [5.41, 5.74) is 3.38. The van der Waals surface area contributed by atoms with Crippen molar-refractivity contribution in [1.29, 1.82) is 0 Å². The molecule has 0 amide bonds. The van der Waals surface area contributed by atoms with Crippen LogP contribution in [0.5, 0.6) is 0 Å². The Bertz CT molecular complexity index is 653. The van der Waals surface area contributed by atoms with Crippen molar-refractivity contribution in [3.63, 3.8) is 0 Å². The van der Waals surface area contributed by atoms with Crippen molar-refractivity contribution >= 4 is 23.0 Å². The fourth-order valence-corrected chi connectivity index (χ4v) is 2.49. The molecule has 0 aliphatic rings. The molecule has 0 saturated carbocycles. The van der Waals surface area contributed by atoms with Gasteiger partial charge in [0.1, 0.15) is 0 Å². The van der Waals surface area contributed by atoms with Crippen molar-refractivity contribution in [2.75, 3.05) is 25.5 Å². The topological polar surface area (TPSA) is 31.4 Å². The lowest BCUT2D eigenvalue weighted by atomic mass is 10.2. The molecule has 126 valence electrons. The highest BCUT2D eigenvalue weighted by molar-refractivity contribution is 7.80. The molecule has 0 fully saturated rings. The molecule has 1 N–H and O–H groups in total. The molecule has 1 heterocycles. The van der Waals surface area contributed by atoms with Gasteiger partial charge in [0.15, 0.2) is 5.11 Å². The van der Waals surface area contributed by atoms with Gasteiger partial charge in [0.25, 0.3) is 0 Å². The second kappa shape index (κ2) is 9.03. The molecule has 24 heavy (non-hydrogen) atoms. The van der Waals surface area contributed by atoms with E-state index < -0.39 is 0 Å². The van der Waals surface area contributed by atoms with Gasteiger partial charge in [-0.3, -0.25) is 4.98 Å². The maximum absolute atomic E-state index is 5.54. The van der Waals surface area contributed by atoms with Gasteiger partial charge in [-0.25, -0.2) is 0 Å². The van der Waals surface area contributed by atoms with Crippen LogP contribution in [-0.4, -0.2) is 35.6 Å². The number of hydrogen-bond acceptors (Lipinski definition) is 3. The number of anilines is 1. The Kier molecular flexibility index (Phi) is 6.75. The van der Waals surface area contributed by atoms with Gasteiger partial charge >= 0.3 is 0 Å². The number of thiocarbonyl (C=S) groups is 1. The molecule has 5 heteroatoms. The van der Waals surface area contributed by atoms with Crippen molar-refractivity contribution in [2.24, 2.45) is 0 Å². The minimum Gasteiger partial charge on any atom is -0.378 e. The normalized spacial score (nSPS) is 10.1. The summed E-state index contributed by atoms with van der Waals surface area (Å²) in [6.07, 6.45) is 3.61. The molecule has 0 saturated heterocycles. The fraction of sp³-hybridized carbons (Fsp3) is 0.263. The lowest BCUT2D eigenvalue weighted by Crippen LogP contribution is -2.39. The van der Waals surface area contributed by atoms with Gasteiger partial charge in [-0.2, -0.15) is 0 Å². The van der Waals surface area contributed by atoms with E-state index in [9.17, 15) is 0 Å². The fourth-order valence-electron chi connectivity index (χ4n) is 2.28. The Hall–Kier alpha value is -2.40. The van der Waals surface area contributed by atoms with Gasteiger partial charge in [-0.15, -0.1) is 6.58 Å². The molecule has 0 aliphatic heterocycles. The van der Waals surface area contributed by atoms with Gasteiger partial charge in [0.2, 0.25) is 0 Å². The molecular weight excluding hydrogens is 316 g/mol. The Morgan fingerprint density at radius 3 is 2.50 bits per heavy atom. The first-order valence-corrected chi connectivity index (χ1v) is 8.31. The molecule has 0 radical (unpaired) electrons.